The highest BCUT2D eigenvalue weighted by molar-refractivity contribution is 5.98. The van der Waals surface area contributed by atoms with Gasteiger partial charge < -0.3 is 9.47 Å². The number of hydrogen-bond acceptors (Lipinski definition) is 4. The monoisotopic (exact) mass is 770 g/mol. The summed E-state index contributed by atoms with van der Waals surface area (Å²) in [5.41, 5.74) is 12.0. The number of nitrogens with zero attached hydrogens (tertiary/aromatic N) is 4. The van der Waals surface area contributed by atoms with Crippen molar-refractivity contribution >= 4 is 33.7 Å². The van der Waals surface area contributed by atoms with E-state index in [1.165, 1.54) is 69.4 Å². The third-order valence-electron chi connectivity index (χ3n) is 14.4. The number of methoxy groups -OCH3 is 1. The number of benzene rings is 2. The third-order valence-corrected chi connectivity index (χ3v) is 14.4. The summed E-state index contributed by atoms with van der Waals surface area (Å²) in [6.45, 7) is 28.0. The van der Waals surface area contributed by atoms with Gasteiger partial charge in [0.1, 0.15) is 22.4 Å². The maximum absolute atomic E-state index is 6.76. The molecule has 0 N–H and O–H groups in total. The van der Waals surface area contributed by atoms with Crippen molar-refractivity contribution in [3.8, 4) is 0 Å². The van der Waals surface area contributed by atoms with Gasteiger partial charge in [-0.05, 0) is 113 Å². The highest BCUT2D eigenvalue weighted by atomic mass is 16.5. The average molecular weight is 770 g/mol. The van der Waals surface area contributed by atoms with Gasteiger partial charge >= 0.3 is 0 Å². The van der Waals surface area contributed by atoms with Crippen LogP contribution in [0.2, 0.25) is 0 Å². The molecule has 304 valence electrons. The summed E-state index contributed by atoms with van der Waals surface area (Å²) < 4.78 is 17.8. The van der Waals surface area contributed by atoms with Gasteiger partial charge in [0, 0.05) is 30.4 Å². The predicted molar refractivity (Wildman–Crippen MR) is 237 cm³/mol. The van der Waals surface area contributed by atoms with E-state index < -0.39 is 0 Å². The van der Waals surface area contributed by atoms with Gasteiger partial charge in [-0.1, -0.05) is 97.7 Å². The van der Waals surface area contributed by atoms with Gasteiger partial charge in [0.2, 0.25) is 0 Å². The SMILES string of the molecule is C=Cc1ccc(CCC(=CC(C)OC)OCCCC2(CC)c3nc(C4(C)CCCCC4)nc4cc(C(C)(C)C)n5c6cc(C)c(C)cc6[n+](c5c34)C2(C)CC)cc1. The second-order valence-electron chi connectivity index (χ2n) is 19.0. The lowest BCUT2D eigenvalue weighted by Gasteiger charge is -2.48. The Labute approximate surface area is 342 Å². The second-order valence-corrected chi connectivity index (χ2v) is 19.0. The van der Waals surface area contributed by atoms with Crippen molar-refractivity contribution in [3.63, 3.8) is 0 Å². The van der Waals surface area contributed by atoms with Gasteiger partial charge in [-0.25, -0.2) is 14.5 Å². The molecule has 1 saturated carbocycles. The molecular weight excluding hydrogens is 701 g/mol. The van der Waals surface area contributed by atoms with E-state index in [4.69, 9.17) is 19.4 Å². The van der Waals surface area contributed by atoms with E-state index in [0.29, 0.717) is 6.61 Å². The van der Waals surface area contributed by atoms with E-state index in [1.54, 1.807) is 7.11 Å². The molecule has 0 radical (unpaired) electrons. The van der Waals surface area contributed by atoms with Crippen LogP contribution in [-0.4, -0.2) is 34.2 Å². The Hall–Kier alpha value is -4.03. The number of hydrogen-bond donors (Lipinski definition) is 0. The fraction of sp³-hybridized carbons (Fsp3) is 0.549. The predicted octanol–water partition coefficient (Wildman–Crippen LogP) is 12.2. The fourth-order valence-corrected chi connectivity index (χ4v) is 10.4. The van der Waals surface area contributed by atoms with Crippen LogP contribution < -0.4 is 4.57 Å². The van der Waals surface area contributed by atoms with Crippen molar-refractivity contribution < 1.29 is 14.0 Å². The number of imidazole rings is 1. The van der Waals surface area contributed by atoms with Crippen molar-refractivity contribution in [2.75, 3.05) is 13.7 Å². The topological polar surface area (TPSA) is 52.5 Å². The largest absolute Gasteiger partial charge is 0.498 e. The lowest BCUT2D eigenvalue weighted by atomic mass is 9.60. The average Bonchev–Trinajstić information content (AvgIpc) is 3.53. The first-order chi connectivity index (χ1) is 27.1. The minimum atomic E-state index is -0.257. The van der Waals surface area contributed by atoms with Gasteiger partial charge in [-0.3, -0.25) is 0 Å². The van der Waals surface area contributed by atoms with Crippen LogP contribution in [0.25, 0.3) is 33.7 Å². The molecule has 6 nitrogen and oxygen atoms in total. The van der Waals surface area contributed by atoms with E-state index >= 15 is 0 Å². The lowest BCUT2D eigenvalue weighted by Crippen LogP contribution is -2.67. The molecule has 1 aliphatic carbocycles. The molecule has 3 atom stereocenters. The smallest absolute Gasteiger partial charge is 0.299 e. The molecule has 5 aromatic rings. The number of ether oxygens (including phenoxy) is 2. The molecular formula is C51H69N4O2+. The van der Waals surface area contributed by atoms with Crippen LogP contribution in [0.1, 0.15) is 159 Å². The van der Waals surface area contributed by atoms with Gasteiger partial charge in [0.25, 0.3) is 5.65 Å². The first-order valence-corrected chi connectivity index (χ1v) is 22.0. The zero-order valence-corrected chi connectivity index (χ0v) is 37.1. The van der Waals surface area contributed by atoms with Crippen LogP contribution in [0.15, 0.2) is 60.9 Å². The Bertz CT molecular complexity index is 2320. The Balaban J connectivity index is 1.37. The molecule has 1 aliphatic heterocycles. The van der Waals surface area contributed by atoms with Crippen LogP contribution in [-0.2, 0) is 37.7 Å². The Kier molecular flexibility index (Phi) is 11.3. The molecule has 0 saturated heterocycles. The van der Waals surface area contributed by atoms with E-state index in [9.17, 15) is 0 Å². The summed E-state index contributed by atoms with van der Waals surface area (Å²) in [6.07, 6.45) is 15.7. The molecule has 0 spiro atoms. The number of rotatable bonds is 14. The van der Waals surface area contributed by atoms with Gasteiger partial charge in [-0.2, -0.15) is 4.40 Å². The highest BCUT2D eigenvalue weighted by Gasteiger charge is 2.59. The first-order valence-electron chi connectivity index (χ1n) is 22.0. The van der Waals surface area contributed by atoms with Crippen molar-refractivity contribution in [1.82, 2.24) is 14.4 Å². The van der Waals surface area contributed by atoms with Gasteiger partial charge in [-0.15, -0.1) is 0 Å². The lowest BCUT2D eigenvalue weighted by molar-refractivity contribution is -0.730. The number of allylic oxidation sites excluding steroid dienone is 1. The quantitative estimate of drug-likeness (QED) is 0.0641. The summed E-state index contributed by atoms with van der Waals surface area (Å²) >= 11 is 0. The van der Waals surface area contributed by atoms with Crippen LogP contribution in [0, 0.1) is 13.8 Å². The molecule has 6 heteroatoms. The first kappa shape index (κ1) is 41.1. The zero-order chi connectivity index (χ0) is 40.9. The molecule has 0 bridgehead atoms. The molecule has 0 amide bonds. The maximum atomic E-state index is 6.76. The van der Waals surface area contributed by atoms with Crippen molar-refractivity contribution in [2.45, 2.75) is 168 Å². The molecule has 2 aromatic carbocycles. The van der Waals surface area contributed by atoms with Crippen LogP contribution in [0.3, 0.4) is 0 Å². The standard InChI is InChI=1S/C51H69N4O2/c1-13-37-20-22-38(23-21-37)24-25-39(32-36(6)56-12)57-29-19-28-51(15-3)45-44-40(52-47(53-45)49(10)26-17-16-18-27-49)33-43(48(7,8)9)54-41-30-34(4)35(5)31-42(41)55(46(44)54)50(51,11)14-2/h13,20-23,30-33,36H,1,14-19,24-29H2,2-12H3/q+1. The number of aryl methyl sites for hydroxylation is 3. The number of pyridine rings is 1. The minimum Gasteiger partial charge on any atom is -0.498 e. The Morgan fingerprint density at radius 3 is 2.32 bits per heavy atom. The normalized spacial score (nSPS) is 21.5. The summed E-state index contributed by atoms with van der Waals surface area (Å²) in [6, 6.07) is 16.0. The fourth-order valence-electron chi connectivity index (χ4n) is 10.4. The Morgan fingerprint density at radius 2 is 1.68 bits per heavy atom. The van der Waals surface area contributed by atoms with Crippen LogP contribution in [0.5, 0.6) is 0 Å². The third kappa shape index (κ3) is 7.02. The van der Waals surface area contributed by atoms with Gasteiger partial charge in [0.15, 0.2) is 11.0 Å². The Morgan fingerprint density at radius 1 is 0.982 bits per heavy atom. The molecule has 3 aromatic heterocycles. The molecule has 4 heterocycles. The summed E-state index contributed by atoms with van der Waals surface area (Å²) in [4.78, 5) is 11.5. The van der Waals surface area contributed by atoms with E-state index in [0.717, 1.165) is 74.0 Å². The molecule has 2 aliphatic rings. The minimum absolute atomic E-state index is 0.0238. The highest BCUT2D eigenvalue weighted by Crippen LogP contribution is 2.53. The molecule has 3 unspecified atom stereocenters. The summed E-state index contributed by atoms with van der Waals surface area (Å²) in [5.74, 6) is 2.06. The van der Waals surface area contributed by atoms with Crippen molar-refractivity contribution in [1.29, 1.82) is 0 Å². The van der Waals surface area contributed by atoms with Crippen LogP contribution >= 0.6 is 0 Å². The number of aromatic nitrogens is 4. The molecule has 1 fully saturated rings. The van der Waals surface area contributed by atoms with Crippen LogP contribution in [0.4, 0.5) is 0 Å². The van der Waals surface area contributed by atoms with Crippen molar-refractivity contribution in [2.24, 2.45) is 0 Å². The van der Waals surface area contributed by atoms with Gasteiger partial charge in [0.05, 0.1) is 35.1 Å². The van der Waals surface area contributed by atoms with E-state index in [-0.39, 0.29) is 27.9 Å². The molecule has 7 rings (SSSR count). The summed E-state index contributed by atoms with van der Waals surface area (Å²) in [5, 5.41) is 1.24. The zero-order valence-electron chi connectivity index (χ0n) is 37.1. The van der Waals surface area contributed by atoms with E-state index in [2.05, 4.69) is 133 Å². The summed E-state index contributed by atoms with van der Waals surface area (Å²) in [7, 11) is 1.77. The number of fused-ring (bicyclic) bond motifs is 3. The molecule has 57 heavy (non-hydrogen) atoms. The maximum Gasteiger partial charge on any atom is 0.299 e. The van der Waals surface area contributed by atoms with E-state index in [1.807, 2.05) is 6.08 Å². The second kappa shape index (κ2) is 15.6. The van der Waals surface area contributed by atoms with Crippen molar-refractivity contribution in [3.05, 3.63) is 100 Å².